The minimum Gasteiger partial charge on any atom is -0.466 e. The molecule has 6 heteroatoms. The van der Waals surface area contributed by atoms with E-state index in [-0.39, 0.29) is 17.7 Å². The maximum absolute atomic E-state index is 13.4. The van der Waals surface area contributed by atoms with Crippen LogP contribution in [-0.4, -0.2) is 60.6 Å². The van der Waals surface area contributed by atoms with Gasteiger partial charge < -0.3 is 14.1 Å². The summed E-state index contributed by atoms with van der Waals surface area (Å²) >= 11 is 0. The molecule has 1 fully saturated rings. The Labute approximate surface area is 211 Å². The van der Waals surface area contributed by atoms with Gasteiger partial charge in [0, 0.05) is 12.5 Å². The van der Waals surface area contributed by atoms with Crippen molar-refractivity contribution in [3.8, 4) is 0 Å². The second-order valence-electron chi connectivity index (χ2n) is 9.98. The molecule has 35 heavy (non-hydrogen) atoms. The largest absolute Gasteiger partial charge is 0.466 e. The van der Waals surface area contributed by atoms with Crippen LogP contribution >= 0.6 is 0 Å². The smallest absolute Gasteiger partial charge is 0.302 e. The third-order valence-electron chi connectivity index (χ3n) is 7.00. The number of esters is 1. The Morgan fingerprint density at radius 2 is 1.63 bits per heavy atom. The van der Waals surface area contributed by atoms with E-state index in [1.807, 2.05) is 23.1 Å². The van der Waals surface area contributed by atoms with Crippen LogP contribution in [0.25, 0.3) is 0 Å². The van der Waals surface area contributed by atoms with Crippen LogP contribution in [-0.2, 0) is 20.9 Å². The lowest BCUT2D eigenvalue weighted by atomic mass is 10.1. The van der Waals surface area contributed by atoms with Crippen LogP contribution in [0.15, 0.2) is 36.4 Å². The van der Waals surface area contributed by atoms with Crippen LogP contribution in [0.3, 0.4) is 0 Å². The van der Waals surface area contributed by atoms with Gasteiger partial charge in [0.05, 0.1) is 39.3 Å². The average molecular weight is 490 g/mol. The highest BCUT2D eigenvalue weighted by molar-refractivity contribution is 5.87. The Hall–Kier alpha value is -2.21. The summed E-state index contributed by atoms with van der Waals surface area (Å²) in [6.45, 7) is 9.68. The summed E-state index contributed by atoms with van der Waals surface area (Å²) in [5.41, 5.74) is 1.17. The van der Waals surface area contributed by atoms with Gasteiger partial charge in [-0.2, -0.15) is 0 Å². The van der Waals surface area contributed by atoms with Gasteiger partial charge in [-0.15, -0.1) is 0 Å². The van der Waals surface area contributed by atoms with Crippen molar-refractivity contribution in [1.29, 1.82) is 0 Å². The summed E-state index contributed by atoms with van der Waals surface area (Å²) < 4.78 is 19.3. The van der Waals surface area contributed by atoms with Crippen molar-refractivity contribution in [2.24, 2.45) is 0 Å². The maximum atomic E-state index is 13.4. The summed E-state index contributed by atoms with van der Waals surface area (Å²) in [7, 11) is 0. The lowest BCUT2D eigenvalue weighted by Crippen LogP contribution is -2.60. The van der Waals surface area contributed by atoms with Gasteiger partial charge in [0.1, 0.15) is 12.4 Å². The zero-order chi connectivity index (χ0) is 25.4. The third-order valence-corrected chi connectivity index (χ3v) is 7.00. The number of quaternary nitrogens is 1. The van der Waals surface area contributed by atoms with E-state index in [1.54, 1.807) is 18.2 Å². The van der Waals surface area contributed by atoms with Crippen molar-refractivity contribution in [2.45, 2.75) is 84.6 Å². The van der Waals surface area contributed by atoms with Crippen LogP contribution in [0.1, 0.15) is 83.6 Å². The Bertz CT molecular complexity index is 771. The fourth-order valence-electron chi connectivity index (χ4n) is 4.82. The van der Waals surface area contributed by atoms with Crippen LogP contribution in [0.5, 0.6) is 0 Å². The van der Waals surface area contributed by atoms with Gasteiger partial charge in [-0.25, -0.2) is 4.39 Å². The molecule has 1 aliphatic heterocycles. The standard InChI is InChI=1S/C29H46FN2O3/c1-3-4-5-12-21-32(25-27-15-17-28(30)18-16-27)22-19-31(20-23-32)29(34)14-11-9-7-6-8-10-13-24-35-26(2)33/h11,14-18H,3-10,12-13,19-25H2,1-2H3/q+1/b14-11+. The molecule has 1 heterocycles. The molecule has 1 aromatic carbocycles. The first kappa shape index (κ1) is 29.0. The van der Waals surface area contributed by atoms with E-state index >= 15 is 0 Å². The molecule has 1 saturated heterocycles. The molecule has 0 bridgehead atoms. The van der Waals surface area contributed by atoms with Crippen molar-refractivity contribution in [3.05, 3.63) is 47.8 Å². The fourth-order valence-corrected chi connectivity index (χ4v) is 4.82. The van der Waals surface area contributed by atoms with E-state index in [0.717, 1.165) is 82.3 Å². The Morgan fingerprint density at radius 3 is 2.31 bits per heavy atom. The number of carbonyl (C=O) groups excluding carboxylic acids is 2. The first-order valence-electron chi connectivity index (χ1n) is 13.6. The Morgan fingerprint density at radius 1 is 0.971 bits per heavy atom. The van der Waals surface area contributed by atoms with Crippen LogP contribution in [0, 0.1) is 5.82 Å². The van der Waals surface area contributed by atoms with E-state index in [4.69, 9.17) is 4.74 Å². The van der Waals surface area contributed by atoms with Gasteiger partial charge in [0.25, 0.3) is 0 Å². The van der Waals surface area contributed by atoms with Crippen molar-refractivity contribution >= 4 is 11.9 Å². The lowest BCUT2D eigenvalue weighted by molar-refractivity contribution is -0.944. The summed E-state index contributed by atoms with van der Waals surface area (Å²) in [5, 5.41) is 0. The number of rotatable bonds is 16. The molecule has 0 atom stereocenters. The highest BCUT2D eigenvalue weighted by Gasteiger charge is 2.33. The normalized spacial score (nSPS) is 15.5. The lowest BCUT2D eigenvalue weighted by Gasteiger charge is -2.45. The molecule has 0 spiro atoms. The predicted molar refractivity (Wildman–Crippen MR) is 139 cm³/mol. The minimum atomic E-state index is -0.210. The first-order valence-corrected chi connectivity index (χ1v) is 13.6. The quantitative estimate of drug-likeness (QED) is 0.123. The molecule has 196 valence electrons. The molecule has 0 aliphatic carbocycles. The van der Waals surface area contributed by atoms with Gasteiger partial charge >= 0.3 is 5.97 Å². The first-order chi connectivity index (χ1) is 16.9. The van der Waals surface area contributed by atoms with Gasteiger partial charge in [-0.05, 0) is 50.3 Å². The molecular weight excluding hydrogens is 443 g/mol. The molecular formula is C29H46FN2O3+. The topological polar surface area (TPSA) is 46.6 Å². The predicted octanol–water partition coefficient (Wildman–Crippen LogP) is 6.02. The fraction of sp³-hybridized carbons (Fsp3) is 0.655. The Balaban J connectivity index is 1.73. The van der Waals surface area contributed by atoms with Crippen molar-refractivity contribution < 1.29 is 23.2 Å². The van der Waals surface area contributed by atoms with Gasteiger partial charge in [0.15, 0.2) is 0 Å². The Kier molecular flexibility index (Phi) is 13.6. The number of halogens is 1. The molecule has 0 unspecified atom stereocenters. The van der Waals surface area contributed by atoms with Crippen LogP contribution < -0.4 is 0 Å². The molecule has 0 N–H and O–H groups in total. The number of ether oxygens (including phenoxy) is 1. The second kappa shape index (κ2) is 16.5. The maximum Gasteiger partial charge on any atom is 0.302 e. The number of piperazine rings is 1. The SMILES string of the molecule is CCCCCC[N+]1(Cc2ccc(F)cc2)CCN(C(=O)/C=C/CCCCCCCOC(C)=O)CC1. The summed E-state index contributed by atoms with van der Waals surface area (Å²) in [5.74, 6) is -0.278. The van der Waals surface area contributed by atoms with Crippen LogP contribution in [0.4, 0.5) is 4.39 Å². The highest BCUT2D eigenvalue weighted by Crippen LogP contribution is 2.21. The monoisotopic (exact) mass is 489 g/mol. The number of hydrogen-bond donors (Lipinski definition) is 0. The summed E-state index contributed by atoms with van der Waals surface area (Å²) in [6, 6.07) is 6.91. The van der Waals surface area contributed by atoms with E-state index in [0.29, 0.717) is 6.61 Å². The van der Waals surface area contributed by atoms with Crippen molar-refractivity contribution in [3.63, 3.8) is 0 Å². The van der Waals surface area contributed by atoms with Gasteiger partial charge in [0.2, 0.25) is 5.91 Å². The number of benzene rings is 1. The highest BCUT2D eigenvalue weighted by atomic mass is 19.1. The van der Waals surface area contributed by atoms with E-state index in [9.17, 15) is 14.0 Å². The average Bonchev–Trinajstić information content (AvgIpc) is 2.85. The molecule has 2 rings (SSSR count). The van der Waals surface area contributed by atoms with E-state index in [1.165, 1.54) is 38.2 Å². The van der Waals surface area contributed by atoms with Crippen molar-refractivity contribution in [1.82, 2.24) is 4.90 Å². The second-order valence-corrected chi connectivity index (χ2v) is 9.98. The van der Waals surface area contributed by atoms with Crippen molar-refractivity contribution in [2.75, 3.05) is 39.3 Å². The molecule has 5 nitrogen and oxygen atoms in total. The molecule has 0 saturated carbocycles. The summed E-state index contributed by atoms with van der Waals surface area (Å²) in [4.78, 5) is 25.4. The van der Waals surface area contributed by atoms with Crippen LogP contribution in [0.2, 0.25) is 0 Å². The molecule has 1 amide bonds. The number of nitrogens with zero attached hydrogens (tertiary/aromatic N) is 2. The molecule has 1 aromatic rings. The number of hydrogen-bond acceptors (Lipinski definition) is 3. The van der Waals surface area contributed by atoms with E-state index < -0.39 is 0 Å². The third kappa shape index (κ3) is 11.9. The zero-order valence-corrected chi connectivity index (χ0v) is 22.0. The molecule has 1 aliphatic rings. The molecule has 0 aromatic heterocycles. The number of carbonyl (C=O) groups is 2. The van der Waals surface area contributed by atoms with Gasteiger partial charge in [-0.1, -0.05) is 57.2 Å². The zero-order valence-electron chi connectivity index (χ0n) is 22.0. The van der Waals surface area contributed by atoms with E-state index in [2.05, 4.69) is 6.92 Å². The summed E-state index contributed by atoms with van der Waals surface area (Å²) in [6.07, 6.45) is 14.9. The number of unbranched alkanes of at least 4 members (excludes halogenated alkanes) is 8. The molecule has 0 radical (unpaired) electrons. The number of allylic oxidation sites excluding steroid dienone is 1. The minimum absolute atomic E-state index is 0.122. The van der Waals surface area contributed by atoms with Gasteiger partial charge in [-0.3, -0.25) is 9.59 Å². The number of amides is 1.